The van der Waals surface area contributed by atoms with Crippen molar-refractivity contribution in [1.29, 1.82) is 0 Å². The number of ether oxygens (including phenoxy) is 1. The quantitative estimate of drug-likeness (QED) is 0.861. The molecule has 1 heterocycles. The monoisotopic (exact) mass is 355 g/mol. The Morgan fingerprint density at radius 2 is 2.19 bits per heavy atom. The summed E-state index contributed by atoms with van der Waals surface area (Å²) in [6.07, 6.45) is 1.71. The molecule has 1 aromatic carbocycles. The van der Waals surface area contributed by atoms with Crippen molar-refractivity contribution >= 4 is 15.9 Å². The van der Waals surface area contributed by atoms with Crippen molar-refractivity contribution in [2.24, 2.45) is 0 Å². The zero-order chi connectivity index (χ0) is 15.4. The predicted molar refractivity (Wildman–Crippen MR) is 84.1 cm³/mol. The maximum absolute atomic E-state index is 13.3. The summed E-state index contributed by atoms with van der Waals surface area (Å²) in [7, 11) is 1.63. The van der Waals surface area contributed by atoms with Crippen LogP contribution in [0.5, 0.6) is 5.75 Å². The van der Waals surface area contributed by atoms with Crippen molar-refractivity contribution in [3.8, 4) is 5.75 Å². The van der Waals surface area contributed by atoms with Crippen LogP contribution in [0.2, 0.25) is 0 Å². The number of methoxy groups -OCH3 is 1. The van der Waals surface area contributed by atoms with E-state index in [1.807, 2.05) is 18.5 Å². The van der Waals surface area contributed by atoms with Crippen LogP contribution in [0.1, 0.15) is 31.1 Å². The van der Waals surface area contributed by atoms with Gasteiger partial charge in [0.15, 0.2) is 5.75 Å². The van der Waals surface area contributed by atoms with Crippen LogP contribution in [0.25, 0.3) is 0 Å². The summed E-state index contributed by atoms with van der Waals surface area (Å²) in [4.78, 5) is 0. The van der Waals surface area contributed by atoms with Crippen LogP contribution in [-0.2, 0) is 6.54 Å². The van der Waals surface area contributed by atoms with Gasteiger partial charge in [-0.25, -0.2) is 4.39 Å². The van der Waals surface area contributed by atoms with Gasteiger partial charge in [0.1, 0.15) is 11.5 Å². The standard InChI is InChI=1S/C15H19BrFN3O/c1-4-18-14(11-7-6-10(17)8-12(11)16)15-13(21-3)9-19-20(15)5-2/h6-9,14,18H,4-5H2,1-3H3. The minimum absolute atomic E-state index is 0.123. The van der Waals surface area contributed by atoms with E-state index < -0.39 is 0 Å². The van der Waals surface area contributed by atoms with Crippen molar-refractivity contribution < 1.29 is 9.13 Å². The first-order valence-electron chi connectivity index (χ1n) is 6.90. The molecule has 114 valence electrons. The minimum Gasteiger partial charge on any atom is -0.493 e. The molecular formula is C15H19BrFN3O. The lowest BCUT2D eigenvalue weighted by atomic mass is 10.0. The fourth-order valence-electron chi connectivity index (χ4n) is 2.37. The van der Waals surface area contributed by atoms with Crippen LogP contribution in [-0.4, -0.2) is 23.4 Å². The number of nitrogens with one attached hydrogen (secondary N) is 1. The van der Waals surface area contributed by atoms with Crippen molar-refractivity contribution in [3.05, 3.63) is 45.9 Å². The van der Waals surface area contributed by atoms with E-state index in [-0.39, 0.29) is 11.9 Å². The molecule has 0 saturated carbocycles. The van der Waals surface area contributed by atoms with Crippen LogP contribution in [0.4, 0.5) is 4.39 Å². The van der Waals surface area contributed by atoms with Crippen molar-refractivity contribution in [2.45, 2.75) is 26.4 Å². The van der Waals surface area contributed by atoms with Gasteiger partial charge in [-0.05, 0) is 31.2 Å². The van der Waals surface area contributed by atoms with Gasteiger partial charge in [0.2, 0.25) is 0 Å². The molecular weight excluding hydrogens is 337 g/mol. The van der Waals surface area contributed by atoms with Crippen molar-refractivity contribution in [2.75, 3.05) is 13.7 Å². The molecule has 1 atom stereocenters. The molecule has 0 aliphatic carbocycles. The summed E-state index contributed by atoms with van der Waals surface area (Å²) in [6.45, 7) is 5.56. The van der Waals surface area contributed by atoms with E-state index in [9.17, 15) is 4.39 Å². The van der Waals surface area contributed by atoms with Gasteiger partial charge in [-0.2, -0.15) is 5.10 Å². The number of rotatable bonds is 6. The SMILES string of the molecule is CCNC(c1ccc(F)cc1Br)c1c(OC)cnn1CC. The highest BCUT2D eigenvalue weighted by atomic mass is 79.9. The number of halogens is 2. The lowest BCUT2D eigenvalue weighted by Gasteiger charge is -2.22. The molecule has 2 rings (SSSR count). The Bertz CT molecular complexity index is 593. The normalized spacial score (nSPS) is 12.4. The Balaban J connectivity index is 2.55. The minimum atomic E-state index is -0.267. The third-order valence-electron chi connectivity index (χ3n) is 3.32. The highest BCUT2D eigenvalue weighted by Crippen LogP contribution is 2.34. The van der Waals surface area contributed by atoms with E-state index in [0.717, 1.165) is 34.6 Å². The molecule has 21 heavy (non-hydrogen) atoms. The van der Waals surface area contributed by atoms with E-state index in [0.29, 0.717) is 0 Å². The Labute approximate surface area is 132 Å². The molecule has 0 bridgehead atoms. The molecule has 0 fully saturated rings. The zero-order valence-corrected chi connectivity index (χ0v) is 13.9. The summed E-state index contributed by atoms with van der Waals surface area (Å²) in [5.74, 6) is 0.455. The molecule has 1 aromatic heterocycles. The van der Waals surface area contributed by atoms with Gasteiger partial charge < -0.3 is 10.1 Å². The Morgan fingerprint density at radius 1 is 1.43 bits per heavy atom. The van der Waals surface area contributed by atoms with Gasteiger partial charge in [0, 0.05) is 11.0 Å². The summed E-state index contributed by atoms with van der Waals surface area (Å²) >= 11 is 3.45. The number of hydrogen-bond acceptors (Lipinski definition) is 3. The Morgan fingerprint density at radius 3 is 2.76 bits per heavy atom. The molecule has 0 aliphatic rings. The average molecular weight is 356 g/mol. The lowest BCUT2D eigenvalue weighted by Crippen LogP contribution is -2.25. The first-order chi connectivity index (χ1) is 10.1. The number of nitrogens with zero attached hydrogens (tertiary/aromatic N) is 2. The molecule has 4 nitrogen and oxygen atoms in total. The van der Waals surface area contributed by atoms with E-state index >= 15 is 0 Å². The van der Waals surface area contributed by atoms with E-state index in [4.69, 9.17) is 4.74 Å². The predicted octanol–water partition coefficient (Wildman–Crippen LogP) is 3.51. The second kappa shape index (κ2) is 7.04. The fraction of sp³-hybridized carbons (Fsp3) is 0.400. The molecule has 0 radical (unpaired) electrons. The Hall–Kier alpha value is -1.40. The molecule has 0 spiro atoms. The number of aryl methyl sites for hydroxylation is 1. The zero-order valence-electron chi connectivity index (χ0n) is 12.4. The Kier molecular flexibility index (Phi) is 5.36. The van der Waals surface area contributed by atoms with Crippen LogP contribution >= 0.6 is 15.9 Å². The smallest absolute Gasteiger partial charge is 0.161 e. The second-order valence-electron chi connectivity index (χ2n) is 4.57. The maximum Gasteiger partial charge on any atom is 0.161 e. The van der Waals surface area contributed by atoms with Crippen molar-refractivity contribution in [3.63, 3.8) is 0 Å². The van der Waals surface area contributed by atoms with Crippen LogP contribution in [0.15, 0.2) is 28.9 Å². The lowest BCUT2D eigenvalue weighted by molar-refractivity contribution is 0.399. The van der Waals surface area contributed by atoms with Crippen molar-refractivity contribution in [1.82, 2.24) is 15.1 Å². The molecule has 6 heteroatoms. The van der Waals surface area contributed by atoms with E-state index in [2.05, 4.69) is 26.3 Å². The van der Waals surface area contributed by atoms with Gasteiger partial charge in [0.25, 0.3) is 0 Å². The summed E-state index contributed by atoms with van der Waals surface area (Å²) in [5.41, 5.74) is 1.89. The van der Waals surface area contributed by atoms with Crippen LogP contribution < -0.4 is 10.1 Å². The molecule has 2 aromatic rings. The molecule has 0 amide bonds. The molecule has 0 aliphatic heterocycles. The van der Waals surface area contributed by atoms with E-state index in [1.54, 1.807) is 19.4 Å². The maximum atomic E-state index is 13.3. The average Bonchev–Trinajstić information content (AvgIpc) is 2.88. The van der Waals surface area contributed by atoms with Gasteiger partial charge in [-0.3, -0.25) is 4.68 Å². The topological polar surface area (TPSA) is 39.1 Å². The summed E-state index contributed by atoms with van der Waals surface area (Å²) in [5, 5.41) is 7.76. The first-order valence-corrected chi connectivity index (χ1v) is 7.69. The highest BCUT2D eigenvalue weighted by Gasteiger charge is 2.24. The summed E-state index contributed by atoms with van der Waals surface area (Å²) in [6, 6.07) is 4.59. The number of hydrogen-bond donors (Lipinski definition) is 1. The third-order valence-corrected chi connectivity index (χ3v) is 4.01. The van der Waals surface area contributed by atoms with Crippen LogP contribution in [0, 0.1) is 5.82 Å². The highest BCUT2D eigenvalue weighted by molar-refractivity contribution is 9.10. The molecule has 1 unspecified atom stereocenters. The van der Waals surface area contributed by atoms with Gasteiger partial charge in [0.05, 0.1) is 19.3 Å². The fourth-order valence-corrected chi connectivity index (χ4v) is 2.95. The van der Waals surface area contributed by atoms with Gasteiger partial charge in [-0.1, -0.05) is 28.9 Å². The molecule has 0 saturated heterocycles. The van der Waals surface area contributed by atoms with E-state index in [1.165, 1.54) is 12.1 Å². The summed E-state index contributed by atoms with van der Waals surface area (Å²) < 4.78 is 21.4. The number of aromatic nitrogens is 2. The first kappa shape index (κ1) is 16.0. The largest absolute Gasteiger partial charge is 0.493 e. The number of benzene rings is 1. The van der Waals surface area contributed by atoms with Crippen LogP contribution in [0.3, 0.4) is 0 Å². The van der Waals surface area contributed by atoms with Gasteiger partial charge in [-0.15, -0.1) is 0 Å². The van der Waals surface area contributed by atoms with Gasteiger partial charge >= 0.3 is 0 Å². The molecule has 1 N–H and O–H groups in total. The third kappa shape index (κ3) is 3.27. The second-order valence-corrected chi connectivity index (χ2v) is 5.42.